The summed E-state index contributed by atoms with van der Waals surface area (Å²) in [4.78, 5) is 20.1. The molecule has 5 nitrogen and oxygen atoms in total. The van der Waals surface area contributed by atoms with Crippen molar-refractivity contribution in [1.82, 2.24) is 15.2 Å². The van der Waals surface area contributed by atoms with E-state index in [9.17, 15) is 4.79 Å². The summed E-state index contributed by atoms with van der Waals surface area (Å²) in [7, 11) is 0. The van der Waals surface area contributed by atoms with Crippen molar-refractivity contribution < 1.29 is 4.79 Å². The largest absolute Gasteiger partial charge is 0.368 e. The molecule has 0 bridgehead atoms. The second-order valence-electron chi connectivity index (χ2n) is 7.61. The number of fused-ring (bicyclic) bond motifs is 1. The molecule has 1 aliphatic rings. The van der Waals surface area contributed by atoms with Gasteiger partial charge >= 0.3 is 6.03 Å². The summed E-state index contributed by atoms with van der Waals surface area (Å²) in [6.45, 7) is 8.19. The Labute approximate surface area is 166 Å². The summed E-state index contributed by atoms with van der Waals surface area (Å²) in [5, 5.41) is 4.32. The van der Waals surface area contributed by atoms with Crippen molar-refractivity contribution in [3.8, 4) is 0 Å². The van der Waals surface area contributed by atoms with Gasteiger partial charge in [-0.05, 0) is 49.1 Å². The van der Waals surface area contributed by atoms with Crippen molar-refractivity contribution in [1.29, 1.82) is 0 Å². The van der Waals surface area contributed by atoms with Gasteiger partial charge in [0.15, 0.2) is 0 Å². The fourth-order valence-corrected chi connectivity index (χ4v) is 3.96. The summed E-state index contributed by atoms with van der Waals surface area (Å²) >= 11 is 0. The van der Waals surface area contributed by atoms with Crippen LogP contribution < -0.4 is 10.2 Å². The van der Waals surface area contributed by atoms with Crippen LogP contribution in [0.4, 0.5) is 10.5 Å². The Balaban J connectivity index is 1.28. The average molecular weight is 377 g/mol. The zero-order chi connectivity index (χ0) is 19.5. The number of amides is 2. The Morgan fingerprint density at radius 3 is 2.68 bits per heavy atom. The van der Waals surface area contributed by atoms with E-state index in [2.05, 4.69) is 59.4 Å². The van der Waals surface area contributed by atoms with Crippen molar-refractivity contribution in [2.75, 3.05) is 37.6 Å². The van der Waals surface area contributed by atoms with Crippen LogP contribution in [0.5, 0.6) is 0 Å². The number of carbonyl (C=O) groups excluding carboxylic acids is 1. The number of hydrogen-bond donors (Lipinski definition) is 2. The predicted octanol–water partition coefficient (Wildman–Crippen LogP) is 3.86. The number of nitrogens with zero attached hydrogens (tertiary/aromatic N) is 2. The lowest BCUT2D eigenvalue weighted by atomic mass is 10.1. The third kappa shape index (κ3) is 3.84. The number of hydrogen-bond acceptors (Lipinski definition) is 2. The van der Waals surface area contributed by atoms with E-state index in [0.717, 1.165) is 38.1 Å². The maximum atomic E-state index is 12.5. The molecule has 5 heteroatoms. The van der Waals surface area contributed by atoms with Gasteiger partial charge in [-0.25, -0.2) is 4.79 Å². The Morgan fingerprint density at radius 2 is 1.86 bits per heavy atom. The molecule has 2 heterocycles. The van der Waals surface area contributed by atoms with Gasteiger partial charge in [-0.1, -0.05) is 30.3 Å². The van der Waals surface area contributed by atoms with Gasteiger partial charge in [0.2, 0.25) is 0 Å². The molecule has 2 amide bonds. The predicted molar refractivity (Wildman–Crippen MR) is 115 cm³/mol. The number of aromatic nitrogens is 1. The molecule has 0 radical (unpaired) electrons. The topological polar surface area (TPSA) is 51.4 Å². The Hall–Kier alpha value is -2.95. The molecule has 0 saturated carbocycles. The van der Waals surface area contributed by atoms with Crippen molar-refractivity contribution in [3.05, 3.63) is 65.4 Å². The van der Waals surface area contributed by atoms with E-state index in [4.69, 9.17) is 0 Å². The number of rotatable bonds is 4. The summed E-state index contributed by atoms with van der Waals surface area (Å²) in [5.41, 5.74) is 6.25. The van der Waals surface area contributed by atoms with Crippen LogP contribution in [0.3, 0.4) is 0 Å². The number of H-pyrrole nitrogens is 1. The molecule has 28 heavy (non-hydrogen) atoms. The highest BCUT2D eigenvalue weighted by Crippen LogP contribution is 2.23. The molecule has 1 aromatic heterocycles. The first kappa shape index (κ1) is 18.4. The summed E-state index contributed by atoms with van der Waals surface area (Å²) < 4.78 is 0. The van der Waals surface area contributed by atoms with Crippen molar-refractivity contribution in [3.63, 3.8) is 0 Å². The third-order valence-electron chi connectivity index (χ3n) is 5.62. The Bertz CT molecular complexity index is 970. The first-order valence-electron chi connectivity index (χ1n) is 10.0. The minimum absolute atomic E-state index is 0.0421. The van der Waals surface area contributed by atoms with Crippen LogP contribution in [0.25, 0.3) is 10.9 Å². The quantitative estimate of drug-likeness (QED) is 0.726. The molecule has 4 rings (SSSR count). The molecule has 1 fully saturated rings. The number of benzene rings is 2. The molecular formula is C23H28N4O. The molecule has 1 aliphatic heterocycles. The first-order valence-corrected chi connectivity index (χ1v) is 10.0. The van der Waals surface area contributed by atoms with Gasteiger partial charge in [-0.3, -0.25) is 0 Å². The second-order valence-corrected chi connectivity index (χ2v) is 7.61. The number of anilines is 1. The number of urea groups is 1. The average Bonchev–Trinajstić information content (AvgIpc) is 3.13. The fraction of sp³-hybridized carbons (Fsp3) is 0.348. The maximum Gasteiger partial charge on any atom is 0.317 e. The summed E-state index contributed by atoms with van der Waals surface area (Å²) in [6.07, 6.45) is 2.87. The lowest BCUT2D eigenvalue weighted by Gasteiger charge is -2.37. The van der Waals surface area contributed by atoms with Gasteiger partial charge in [0.05, 0.1) is 0 Å². The zero-order valence-corrected chi connectivity index (χ0v) is 16.7. The maximum absolute atomic E-state index is 12.5. The Morgan fingerprint density at radius 1 is 1.07 bits per heavy atom. The molecule has 0 atom stereocenters. The molecule has 3 aromatic rings. The van der Waals surface area contributed by atoms with E-state index in [1.165, 1.54) is 27.8 Å². The van der Waals surface area contributed by atoms with E-state index in [1.807, 2.05) is 23.2 Å². The van der Waals surface area contributed by atoms with Crippen molar-refractivity contribution >= 4 is 22.6 Å². The van der Waals surface area contributed by atoms with Gasteiger partial charge in [-0.2, -0.15) is 0 Å². The van der Waals surface area contributed by atoms with Gasteiger partial charge in [0.1, 0.15) is 0 Å². The van der Waals surface area contributed by atoms with Crippen LogP contribution in [-0.4, -0.2) is 48.6 Å². The van der Waals surface area contributed by atoms with E-state index in [0.29, 0.717) is 6.54 Å². The lowest BCUT2D eigenvalue weighted by molar-refractivity contribution is 0.194. The van der Waals surface area contributed by atoms with Crippen LogP contribution in [0.2, 0.25) is 0 Å². The first-order chi connectivity index (χ1) is 13.6. The Kier molecular flexibility index (Phi) is 5.24. The van der Waals surface area contributed by atoms with Crippen molar-refractivity contribution in [2.45, 2.75) is 20.3 Å². The minimum Gasteiger partial charge on any atom is -0.368 e. The van der Waals surface area contributed by atoms with Crippen LogP contribution in [0, 0.1) is 13.8 Å². The number of para-hydroxylation sites is 1. The number of nitrogens with one attached hydrogen (secondary N) is 2. The number of aromatic amines is 1. The van der Waals surface area contributed by atoms with Gasteiger partial charge < -0.3 is 20.1 Å². The van der Waals surface area contributed by atoms with Gasteiger partial charge in [0.25, 0.3) is 0 Å². The van der Waals surface area contributed by atoms with E-state index in [1.54, 1.807) is 0 Å². The lowest BCUT2D eigenvalue weighted by Crippen LogP contribution is -2.52. The summed E-state index contributed by atoms with van der Waals surface area (Å²) in [6, 6.07) is 14.9. The molecule has 0 unspecified atom stereocenters. The number of aryl methyl sites for hydroxylation is 2. The minimum atomic E-state index is 0.0421. The zero-order valence-electron chi connectivity index (χ0n) is 16.7. The highest BCUT2D eigenvalue weighted by molar-refractivity contribution is 5.83. The highest BCUT2D eigenvalue weighted by atomic mass is 16.2. The van der Waals surface area contributed by atoms with E-state index in [-0.39, 0.29) is 6.03 Å². The van der Waals surface area contributed by atoms with Crippen LogP contribution in [-0.2, 0) is 6.42 Å². The van der Waals surface area contributed by atoms with Crippen LogP contribution in [0.1, 0.15) is 16.7 Å². The molecule has 1 saturated heterocycles. The van der Waals surface area contributed by atoms with Gasteiger partial charge in [-0.15, -0.1) is 0 Å². The SMILES string of the molecule is Cc1ccc(C)c(N2CCN(C(=O)NCCc3c[nH]c4ccccc34)CC2)c1. The molecular weight excluding hydrogens is 348 g/mol. The monoisotopic (exact) mass is 376 g/mol. The van der Waals surface area contributed by atoms with Crippen LogP contribution >= 0.6 is 0 Å². The number of carbonyl (C=O) groups is 1. The standard InChI is InChI=1S/C23H28N4O/c1-17-7-8-18(2)22(15-17)26-11-13-27(14-12-26)23(28)24-10-9-19-16-25-21-6-4-3-5-20(19)21/h3-8,15-16,25H,9-14H2,1-2H3,(H,24,28). The molecule has 2 N–H and O–H groups in total. The normalized spacial score (nSPS) is 14.5. The van der Waals surface area contributed by atoms with Gasteiger partial charge in [0, 0.05) is 55.5 Å². The number of piperazine rings is 1. The molecule has 0 spiro atoms. The molecule has 2 aromatic carbocycles. The smallest absolute Gasteiger partial charge is 0.317 e. The highest BCUT2D eigenvalue weighted by Gasteiger charge is 2.22. The van der Waals surface area contributed by atoms with E-state index < -0.39 is 0 Å². The van der Waals surface area contributed by atoms with Crippen molar-refractivity contribution in [2.24, 2.45) is 0 Å². The fourth-order valence-electron chi connectivity index (χ4n) is 3.96. The molecule has 146 valence electrons. The summed E-state index contributed by atoms with van der Waals surface area (Å²) in [5.74, 6) is 0. The second kappa shape index (κ2) is 7.97. The van der Waals surface area contributed by atoms with E-state index >= 15 is 0 Å². The third-order valence-corrected chi connectivity index (χ3v) is 5.62. The molecule has 0 aliphatic carbocycles. The van der Waals surface area contributed by atoms with Crippen LogP contribution in [0.15, 0.2) is 48.7 Å².